The molecule has 1 fully saturated rings. The lowest BCUT2D eigenvalue weighted by atomic mass is 9.92. The van der Waals surface area contributed by atoms with E-state index in [4.69, 9.17) is 21.1 Å². The van der Waals surface area contributed by atoms with E-state index in [0.717, 1.165) is 6.26 Å². The predicted octanol–water partition coefficient (Wildman–Crippen LogP) is 2.55. The second-order valence-corrected chi connectivity index (χ2v) is 10.7. The number of hydrogen-bond acceptors (Lipinski definition) is 9. The van der Waals surface area contributed by atoms with Gasteiger partial charge >= 0.3 is 5.97 Å². The summed E-state index contributed by atoms with van der Waals surface area (Å²) in [5, 5.41) is 5.29. The molecule has 0 amide bonds. The van der Waals surface area contributed by atoms with Crippen LogP contribution >= 0.6 is 22.9 Å². The maximum absolute atomic E-state index is 14.4. The van der Waals surface area contributed by atoms with Gasteiger partial charge in [0.25, 0.3) is 0 Å². The largest absolute Gasteiger partial charge is 0.463 e. The number of sulfonamides is 1. The van der Waals surface area contributed by atoms with Crippen molar-refractivity contribution in [1.82, 2.24) is 15.0 Å². The van der Waals surface area contributed by atoms with E-state index in [1.54, 1.807) is 24.6 Å². The van der Waals surface area contributed by atoms with E-state index < -0.39 is 40.0 Å². The number of benzene rings is 1. The van der Waals surface area contributed by atoms with Crippen LogP contribution in [0.2, 0.25) is 5.02 Å². The molecule has 0 spiro atoms. The first-order valence-electron chi connectivity index (χ1n) is 10.4. The number of aromatic nitrogens is 1. The highest BCUT2D eigenvalue weighted by molar-refractivity contribution is 7.88. The van der Waals surface area contributed by atoms with Crippen molar-refractivity contribution in [2.24, 2.45) is 4.99 Å². The molecule has 2 aliphatic heterocycles. The first-order valence-corrected chi connectivity index (χ1v) is 13.5. The van der Waals surface area contributed by atoms with Crippen LogP contribution in [0.25, 0.3) is 0 Å². The molecule has 0 radical (unpaired) electrons. The summed E-state index contributed by atoms with van der Waals surface area (Å²) < 4.78 is 51.5. The number of amidine groups is 1. The van der Waals surface area contributed by atoms with Crippen molar-refractivity contribution in [3.8, 4) is 0 Å². The molecule has 0 aliphatic carbocycles. The number of ether oxygens (including phenoxy) is 2. The Labute approximate surface area is 205 Å². The molecule has 182 valence electrons. The van der Waals surface area contributed by atoms with Crippen molar-refractivity contribution in [2.75, 3.05) is 19.5 Å². The lowest BCUT2D eigenvalue weighted by Crippen LogP contribution is -2.39. The van der Waals surface area contributed by atoms with E-state index in [0.29, 0.717) is 16.5 Å². The molecule has 4 rings (SSSR count). The monoisotopic (exact) mass is 528 g/mol. The zero-order valence-corrected chi connectivity index (χ0v) is 20.6. The van der Waals surface area contributed by atoms with Gasteiger partial charge in [-0.1, -0.05) is 23.7 Å². The van der Waals surface area contributed by atoms with E-state index >= 15 is 0 Å². The number of carbonyl (C=O) groups is 1. The van der Waals surface area contributed by atoms with Crippen LogP contribution in [0.15, 0.2) is 46.0 Å². The lowest BCUT2D eigenvalue weighted by molar-refractivity contribution is -0.139. The topological polar surface area (TPSA) is 119 Å². The van der Waals surface area contributed by atoms with Gasteiger partial charge in [0.05, 0.1) is 41.9 Å². The van der Waals surface area contributed by atoms with Gasteiger partial charge in [0.15, 0.2) is 10.8 Å². The molecule has 1 aromatic heterocycles. The van der Waals surface area contributed by atoms with Gasteiger partial charge in [-0.05, 0) is 19.4 Å². The maximum atomic E-state index is 14.4. The van der Waals surface area contributed by atoms with Crippen LogP contribution in [0, 0.1) is 5.82 Å². The fourth-order valence-electron chi connectivity index (χ4n) is 3.87. The highest BCUT2D eigenvalue weighted by atomic mass is 35.5. The van der Waals surface area contributed by atoms with Crippen LogP contribution in [0.5, 0.6) is 0 Å². The minimum absolute atomic E-state index is 0.103. The summed E-state index contributed by atoms with van der Waals surface area (Å²) in [5.74, 6) is -0.963. The predicted molar refractivity (Wildman–Crippen MR) is 126 cm³/mol. The van der Waals surface area contributed by atoms with E-state index in [1.165, 1.54) is 23.5 Å². The van der Waals surface area contributed by atoms with Crippen molar-refractivity contribution >= 4 is 44.8 Å². The molecule has 2 aromatic rings. The summed E-state index contributed by atoms with van der Waals surface area (Å²) in [6, 6.07) is 2.80. The Morgan fingerprint density at radius 2 is 2.24 bits per heavy atom. The van der Waals surface area contributed by atoms with Crippen molar-refractivity contribution in [2.45, 2.75) is 31.5 Å². The number of nitrogens with one attached hydrogen (secondary N) is 2. The molecule has 0 saturated carbocycles. The molecule has 34 heavy (non-hydrogen) atoms. The first-order chi connectivity index (χ1) is 16.2. The number of esters is 1. The zero-order valence-electron chi connectivity index (χ0n) is 18.2. The minimum atomic E-state index is -3.46. The Hall–Kier alpha value is -2.38. The van der Waals surface area contributed by atoms with Gasteiger partial charge < -0.3 is 14.8 Å². The second-order valence-electron chi connectivity index (χ2n) is 7.68. The second kappa shape index (κ2) is 10.1. The van der Waals surface area contributed by atoms with E-state index in [2.05, 4.69) is 20.0 Å². The minimum Gasteiger partial charge on any atom is -0.463 e. The van der Waals surface area contributed by atoms with Crippen LogP contribution in [-0.4, -0.2) is 56.8 Å². The molecular formula is C21H22ClFN4O5S2. The summed E-state index contributed by atoms with van der Waals surface area (Å²) in [7, 11) is -3.46. The van der Waals surface area contributed by atoms with Crippen LogP contribution in [0.1, 0.15) is 30.0 Å². The molecule has 1 unspecified atom stereocenters. The standard InChI is InChI=1S/C21H22ClFN4O5S2/c1-3-31-21(28)15-17(12-5-4-6-13(23)16(12)22)25-19(20-24-7-8-33-20)26-18(15)14-9-11(10-32-14)27-34(2,29)30/h4-8,11,14,17,27H,3,9-10H2,1-2H3,(H,25,26)/t11-,14-,17?/m0/s1. The zero-order chi connectivity index (χ0) is 24.5. The Bertz CT molecular complexity index is 1250. The Kier molecular flexibility index (Phi) is 7.33. The number of aliphatic imine (C=N–C) groups is 1. The summed E-state index contributed by atoms with van der Waals surface area (Å²) >= 11 is 7.61. The fourth-order valence-corrected chi connectivity index (χ4v) is 5.46. The lowest BCUT2D eigenvalue weighted by Gasteiger charge is -2.29. The molecule has 9 nitrogen and oxygen atoms in total. The Morgan fingerprint density at radius 1 is 1.44 bits per heavy atom. The molecule has 13 heteroatoms. The SMILES string of the molecule is CCOC(=O)C1=C([C@@H]2C[C@H](NS(C)(=O)=O)CO2)NC(c2nccs2)=NC1c1cccc(F)c1Cl. The van der Waals surface area contributed by atoms with E-state index in [-0.39, 0.29) is 35.8 Å². The third-order valence-corrected chi connectivity index (χ3v) is 7.12. The summed E-state index contributed by atoms with van der Waals surface area (Å²) in [5.41, 5.74) is 0.739. The summed E-state index contributed by atoms with van der Waals surface area (Å²) in [6.45, 7) is 1.88. The third-order valence-electron chi connectivity index (χ3n) is 5.18. The molecular weight excluding hydrogens is 507 g/mol. The molecule has 3 atom stereocenters. The average Bonchev–Trinajstić information content (AvgIpc) is 3.46. The number of rotatable bonds is 7. The van der Waals surface area contributed by atoms with E-state index in [1.807, 2.05) is 0 Å². The van der Waals surface area contributed by atoms with Gasteiger partial charge in [-0.2, -0.15) is 0 Å². The van der Waals surface area contributed by atoms with Crippen LogP contribution < -0.4 is 10.0 Å². The van der Waals surface area contributed by atoms with E-state index in [9.17, 15) is 17.6 Å². The highest BCUT2D eigenvalue weighted by Crippen LogP contribution is 2.39. The van der Waals surface area contributed by atoms with Gasteiger partial charge in [0.1, 0.15) is 11.9 Å². The Balaban J connectivity index is 1.83. The third kappa shape index (κ3) is 5.31. The van der Waals surface area contributed by atoms with Gasteiger partial charge in [0.2, 0.25) is 10.0 Å². The molecule has 2 N–H and O–H groups in total. The van der Waals surface area contributed by atoms with Crippen LogP contribution in [-0.2, 0) is 24.3 Å². The highest BCUT2D eigenvalue weighted by Gasteiger charge is 2.40. The van der Waals surface area contributed by atoms with Crippen LogP contribution in [0.4, 0.5) is 4.39 Å². The van der Waals surface area contributed by atoms with Crippen molar-refractivity contribution in [3.63, 3.8) is 0 Å². The normalized spacial score (nSPS) is 22.9. The quantitative estimate of drug-likeness (QED) is 0.530. The van der Waals surface area contributed by atoms with Gasteiger partial charge in [-0.25, -0.2) is 27.3 Å². The molecule has 0 bridgehead atoms. The van der Waals surface area contributed by atoms with Gasteiger partial charge in [-0.3, -0.25) is 4.99 Å². The molecule has 2 aliphatic rings. The number of thiazole rings is 1. The maximum Gasteiger partial charge on any atom is 0.338 e. The number of hydrogen-bond donors (Lipinski definition) is 2. The molecule has 1 aromatic carbocycles. The van der Waals surface area contributed by atoms with Crippen LogP contribution in [0.3, 0.4) is 0 Å². The van der Waals surface area contributed by atoms with Crippen molar-refractivity contribution < 1.29 is 27.1 Å². The fraction of sp³-hybridized carbons (Fsp3) is 0.381. The van der Waals surface area contributed by atoms with Gasteiger partial charge in [0, 0.05) is 23.2 Å². The van der Waals surface area contributed by atoms with Crippen molar-refractivity contribution in [1.29, 1.82) is 0 Å². The van der Waals surface area contributed by atoms with Gasteiger partial charge in [-0.15, -0.1) is 11.3 Å². The Morgan fingerprint density at radius 3 is 2.91 bits per heavy atom. The number of carbonyl (C=O) groups excluding carboxylic acids is 1. The summed E-state index contributed by atoms with van der Waals surface area (Å²) in [6.07, 6.45) is 2.25. The number of nitrogens with zero attached hydrogens (tertiary/aromatic N) is 2. The molecule has 3 heterocycles. The van der Waals surface area contributed by atoms with Crippen molar-refractivity contribution in [3.05, 3.63) is 62.5 Å². The summed E-state index contributed by atoms with van der Waals surface area (Å²) in [4.78, 5) is 22.1. The first kappa shape index (κ1) is 24.7. The average molecular weight is 529 g/mol. The smallest absolute Gasteiger partial charge is 0.338 e. The molecule has 1 saturated heterocycles. The number of halogens is 2.